The minimum absolute atomic E-state index is 0.0946. The average molecular weight is 342 g/mol. The van der Waals surface area contributed by atoms with Crippen LogP contribution in [0.4, 0.5) is 0 Å². The zero-order valence-corrected chi connectivity index (χ0v) is 15.9. The van der Waals surface area contributed by atoms with Crippen molar-refractivity contribution in [2.45, 2.75) is 45.9 Å². The van der Waals surface area contributed by atoms with Crippen LogP contribution in [0.25, 0.3) is 0 Å². The fourth-order valence-corrected chi connectivity index (χ4v) is 3.79. The first kappa shape index (κ1) is 18.6. The van der Waals surface area contributed by atoms with Crippen LogP contribution in [0.5, 0.6) is 0 Å². The van der Waals surface area contributed by atoms with Crippen LogP contribution in [-0.2, 0) is 10.5 Å². The first-order valence-electron chi connectivity index (χ1n) is 8.50. The second-order valence-electron chi connectivity index (χ2n) is 6.31. The predicted octanol–water partition coefficient (Wildman–Crippen LogP) is 5.11. The molecule has 1 amide bonds. The molecule has 0 aliphatic rings. The van der Waals surface area contributed by atoms with Crippen molar-refractivity contribution in [1.29, 1.82) is 0 Å². The molecule has 2 nitrogen and oxygen atoms in total. The summed E-state index contributed by atoms with van der Waals surface area (Å²) in [6.45, 7) is 8.44. The highest BCUT2D eigenvalue weighted by atomic mass is 32.2. The molecule has 1 atom stereocenters. The van der Waals surface area contributed by atoms with Crippen molar-refractivity contribution in [2.24, 2.45) is 0 Å². The first-order valence-corrected chi connectivity index (χ1v) is 9.65. The van der Waals surface area contributed by atoms with Crippen molar-refractivity contribution in [2.75, 3.05) is 5.75 Å². The van der Waals surface area contributed by atoms with E-state index < -0.39 is 0 Å². The fourth-order valence-electron chi connectivity index (χ4n) is 2.88. The summed E-state index contributed by atoms with van der Waals surface area (Å²) in [7, 11) is 0. The monoisotopic (exact) mass is 341 g/mol. The van der Waals surface area contributed by atoms with Crippen LogP contribution in [0.1, 0.15) is 47.2 Å². The number of hydrogen-bond donors (Lipinski definition) is 1. The highest BCUT2D eigenvalue weighted by molar-refractivity contribution is 7.99. The normalized spacial score (nSPS) is 12.0. The molecule has 0 unspecified atom stereocenters. The van der Waals surface area contributed by atoms with Crippen LogP contribution in [0.2, 0.25) is 0 Å². The molecule has 0 aliphatic heterocycles. The van der Waals surface area contributed by atoms with E-state index >= 15 is 0 Å². The molecule has 2 rings (SSSR count). The molecule has 0 aromatic heterocycles. The third-order valence-electron chi connectivity index (χ3n) is 4.30. The number of carbonyl (C=O) groups excluding carboxylic acids is 1. The standard InChI is InChI=1S/C21H27NOS/c1-5-20(19-11-10-15(2)12-17(19)4)22-21(23)14-24-13-18-9-7-6-8-16(18)3/h6-12,20H,5,13-14H2,1-4H3,(H,22,23)/t20-/m0/s1. The van der Waals surface area contributed by atoms with Gasteiger partial charge in [-0.3, -0.25) is 4.79 Å². The third kappa shape index (κ3) is 5.13. The van der Waals surface area contributed by atoms with E-state index in [1.165, 1.54) is 27.8 Å². The second kappa shape index (κ2) is 8.93. The number of thioether (sulfide) groups is 1. The van der Waals surface area contributed by atoms with Gasteiger partial charge in [-0.15, -0.1) is 11.8 Å². The molecule has 2 aromatic carbocycles. The molecule has 0 radical (unpaired) electrons. The maximum absolute atomic E-state index is 12.3. The lowest BCUT2D eigenvalue weighted by Gasteiger charge is -2.20. The molecule has 24 heavy (non-hydrogen) atoms. The van der Waals surface area contributed by atoms with E-state index in [-0.39, 0.29) is 11.9 Å². The molecule has 0 saturated carbocycles. The lowest BCUT2D eigenvalue weighted by Crippen LogP contribution is -2.30. The summed E-state index contributed by atoms with van der Waals surface area (Å²) < 4.78 is 0. The average Bonchev–Trinajstić information content (AvgIpc) is 2.55. The van der Waals surface area contributed by atoms with Gasteiger partial charge >= 0.3 is 0 Å². The van der Waals surface area contributed by atoms with Crippen LogP contribution in [0.15, 0.2) is 42.5 Å². The van der Waals surface area contributed by atoms with Crippen molar-refractivity contribution >= 4 is 17.7 Å². The lowest BCUT2D eigenvalue weighted by molar-refractivity contribution is -0.119. The van der Waals surface area contributed by atoms with Crippen molar-refractivity contribution in [1.82, 2.24) is 5.32 Å². The fraction of sp³-hybridized carbons (Fsp3) is 0.381. The maximum atomic E-state index is 12.3. The van der Waals surface area contributed by atoms with E-state index in [0.717, 1.165) is 12.2 Å². The molecule has 0 bridgehead atoms. The molecule has 0 aliphatic carbocycles. The summed E-state index contributed by atoms with van der Waals surface area (Å²) in [5.41, 5.74) is 6.31. The zero-order chi connectivity index (χ0) is 17.5. The Kier molecular flexibility index (Phi) is 6.92. The topological polar surface area (TPSA) is 29.1 Å². The van der Waals surface area contributed by atoms with Crippen LogP contribution in [0.3, 0.4) is 0 Å². The van der Waals surface area contributed by atoms with Gasteiger partial charge in [0.15, 0.2) is 0 Å². The number of aryl methyl sites for hydroxylation is 3. The Balaban J connectivity index is 1.89. The van der Waals surface area contributed by atoms with Crippen molar-refractivity contribution in [3.05, 3.63) is 70.3 Å². The number of hydrogen-bond acceptors (Lipinski definition) is 2. The van der Waals surface area contributed by atoms with Crippen LogP contribution in [-0.4, -0.2) is 11.7 Å². The van der Waals surface area contributed by atoms with Gasteiger partial charge < -0.3 is 5.32 Å². The Labute approximate surface area is 150 Å². The molecule has 0 fully saturated rings. The number of benzene rings is 2. The molecule has 3 heteroatoms. The van der Waals surface area contributed by atoms with Gasteiger partial charge in [-0.1, -0.05) is 55.0 Å². The summed E-state index contributed by atoms with van der Waals surface area (Å²) in [5.74, 6) is 1.48. The van der Waals surface area contributed by atoms with E-state index in [0.29, 0.717) is 5.75 Å². The Morgan fingerprint density at radius 3 is 2.50 bits per heavy atom. The van der Waals surface area contributed by atoms with Crippen molar-refractivity contribution in [3.8, 4) is 0 Å². The summed E-state index contributed by atoms with van der Waals surface area (Å²) in [5, 5.41) is 3.18. The van der Waals surface area contributed by atoms with Crippen molar-refractivity contribution in [3.63, 3.8) is 0 Å². The molecule has 0 heterocycles. The molecule has 1 N–H and O–H groups in total. The summed E-state index contributed by atoms with van der Waals surface area (Å²) in [6.07, 6.45) is 0.901. The van der Waals surface area contributed by atoms with Gasteiger partial charge in [0.05, 0.1) is 11.8 Å². The van der Waals surface area contributed by atoms with Gasteiger partial charge in [-0.05, 0) is 49.4 Å². The van der Waals surface area contributed by atoms with Gasteiger partial charge in [-0.25, -0.2) is 0 Å². The van der Waals surface area contributed by atoms with Crippen molar-refractivity contribution < 1.29 is 4.79 Å². The molecular formula is C21H27NOS. The quantitative estimate of drug-likeness (QED) is 0.758. The maximum Gasteiger partial charge on any atom is 0.230 e. The molecule has 128 valence electrons. The van der Waals surface area contributed by atoms with E-state index in [1.54, 1.807) is 11.8 Å². The highest BCUT2D eigenvalue weighted by Crippen LogP contribution is 2.22. The Morgan fingerprint density at radius 1 is 1.08 bits per heavy atom. The smallest absolute Gasteiger partial charge is 0.230 e. The van der Waals surface area contributed by atoms with Crippen LogP contribution >= 0.6 is 11.8 Å². The van der Waals surface area contributed by atoms with E-state index in [9.17, 15) is 4.79 Å². The van der Waals surface area contributed by atoms with Gasteiger partial charge in [0, 0.05) is 5.75 Å². The zero-order valence-electron chi connectivity index (χ0n) is 15.1. The van der Waals surface area contributed by atoms with E-state index in [4.69, 9.17) is 0 Å². The summed E-state index contributed by atoms with van der Waals surface area (Å²) in [4.78, 5) is 12.3. The second-order valence-corrected chi connectivity index (χ2v) is 7.29. The number of nitrogens with one attached hydrogen (secondary N) is 1. The molecular weight excluding hydrogens is 314 g/mol. The van der Waals surface area contributed by atoms with Gasteiger partial charge in [0.2, 0.25) is 5.91 Å². The van der Waals surface area contributed by atoms with Crippen LogP contribution < -0.4 is 5.32 Å². The molecule has 0 spiro atoms. The summed E-state index contributed by atoms with van der Waals surface area (Å²) in [6, 6.07) is 14.9. The number of carbonyl (C=O) groups is 1. The van der Waals surface area contributed by atoms with Gasteiger partial charge in [0.1, 0.15) is 0 Å². The number of rotatable bonds is 7. The molecule has 0 saturated heterocycles. The van der Waals surface area contributed by atoms with Gasteiger partial charge in [-0.2, -0.15) is 0 Å². The largest absolute Gasteiger partial charge is 0.349 e. The van der Waals surface area contributed by atoms with E-state index in [2.05, 4.69) is 69.4 Å². The SMILES string of the molecule is CC[C@H](NC(=O)CSCc1ccccc1C)c1ccc(C)cc1C. The third-order valence-corrected chi connectivity index (χ3v) is 5.28. The minimum Gasteiger partial charge on any atom is -0.349 e. The Hall–Kier alpha value is -1.74. The Morgan fingerprint density at radius 2 is 1.83 bits per heavy atom. The first-order chi connectivity index (χ1) is 11.5. The van der Waals surface area contributed by atoms with Crippen LogP contribution in [0, 0.1) is 20.8 Å². The molecule has 2 aromatic rings. The Bertz CT molecular complexity index is 696. The lowest BCUT2D eigenvalue weighted by atomic mass is 9.97. The highest BCUT2D eigenvalue weighted by Gasteiger charge is 2.14. The predicted molar refractivity (Wildman–Crippen MR) is 104 cm³/mol. The van der Waals surface area contributed by atoms with E-state index in [1.807, 2.05) is 6.07 Å². The number of amides is 1. The van der Waals surface area contributed by atoms with Gasteiger partial charge in [0.25, 0.3) is 0 Å². The minimum atomic E-state index is 0.0946. The summed E-state index contributed by atoms with van der Waals surface area (Å²) >= 11 is 1.67.